The van der Waals surface area contributed by atoms with Crippen LogP contribution in [0, 0.1) is 0 Å². The van der Waals surface area contributed by atoms with Gasteiger partial charge in [0.1, 0.15) is 29.8 Å². The van der Waals surface area contributed by atoms with Gasteiger partial charge in [0, 0.05) is 4.90 Å². The molecule has 2 amide bonds. The van der Waals surface area contributed by atoms with Crippen molar-refractivity contribution in [2.75, 3.05) is 6.61 Å². The molecular formula is C35H31NO6S. The van der Waals surface area contributed by atoms with Gasteiger partial charge in [-0.1, -0.05) is 96.7 Å². The zero-order chi connectivity index (χ0) is 29.2. The quantitative estimate of drug-likeness (QED) is 0.259. The van der Waals surface area contributed by atoms with Crippen molar-refractivity contribution < 1.29 is 28.5 Å². The first kappa shape index (κ1) is 28.0. The predicted octanol–water partition coefficient (Wildman–Crippen LogP) is 5.87. The van der Waals surface area contributed by atoms with Crippen molar-refractivity contribution >= 4 is 23.6 Å². The molecule has 3 aliphatic heterocycles. The number of carbonyl (C=O) groups is 2. The molecule has 5 atom stereocenters. The summed E-state index contributed by atoms with van der Waals surface area (Å²) in [6, 6.07) is 33.9. The zero-order valence-corrected chi connectivity index (χ0v) is 24.2. The summed E-state index contributed by atoms with van der Waals surface area (Å²) in [6.45, 7) is 1.30. The van der Waals surface area contributed by atoms with Gasteiger partial charge in [0.05, 0.1) is 37.6 Å². The van der Waals surface area contributed by atoms with Crippen molar-refractivity contribution in [2.45, 2.75) is 54.5 Å². The molecule has 7 rings (SSSR count). The summed E-state index contributed by atoms with van der Waals surface area (Å²) in [5.41, 5.74) is 3.17. The van der Waals surface area contributed by atoms with Crippen LogP contribution in [-0.2, 0) is 38.8 Å². The Kier molecular flexibility index (Phi) is 8.10. The molecule has 0 N–H and O–H groups in total. The van der Waals surface area contributed by atoms with E-state index in [1.54, 1.807) is 24.3 Å². The maximum Gasteiger partial charge on any atom is 0.262 e. The Morgan fingerprint density at radius 2 is 1.35 bits per heavy atom. The van der Waals surface area contributed by atoms with Crippen LogP contribution in [0.4, 0.5) is 0 Å². The first-order valence-electron chi connectivity index (χ1n) is 14.4. The van der Waals surface area contributed by atoms with Crippen molar-refractivity contribution in [2.24, 2.45) is 0 Å². The van der Waals surface area contributed by atoms with Crippen molar-refractivity contribution in [3.63, 3.8) is 0 Å². The maximum atomic E-state index is 13.9. The Labute approximate surface area is 254 Å². The molecule has 0 radical (unpaired) electrons. The Hall–Kier alpha value is -3.79. The molecule has 3 aliphatic rings. The lowest BCUT2D eigenvalue weighted by atomic mass is 9.95. The van der Waals surface area contributed by atoms with Gasteiger partial charge in [-0.25, -0.2) is 0 Å². The third kappa shape index (κ3) is 5.64. The van der Waals surface area contributed by atoms with E-state index in [1.165, 1.54) is 16.7 Å². The molecule has 218 valence electrons. The first-order valence-corrected chi connectivity index (χ1v) is 15.3. The molecular weight excluding hydrogens is 562 g/mol. The van der Waals surface area contributed by atoms with Crippen LogP contribution in [0.25, 0.3) is 0 Å². The highest BCUT2D eigenvalue weighted by Crippen LogP contribution is 2.41. The summed E-state index contributed by atoms with van der Waals surface area (Å²) in [4.78, 5) is 30.2. The number of thioether (sulfide) groups is 1. The summed E-state index contributed by atoms with van der Waals surface area (Å²) < 4.78 is 26.3. The SMILES string of the molecule is O=C1c2ccccc2C(=O)N1[C@@H]1[C@@H](OCc2ccccc2)[C@H]2OCc3ccccc3COC[C@H]2O[C@H]1Sc1ccccc1. The van der Waals surface area contributed by atoms with Crippen LogP contribution in [0.2, 0.25) is 0 Å². The molecule has 7 nitrogen and oxygen atoms in total. The number of rotatable bonds is 6. The molecule has 0 unspecified atom stereocenters. The van der Waals surface area contributed by atoms with Gasteiger partial charge in [-0.05, 0) is 41.0 Å². The molecule has 0 aromatic heterocycles. The number of hydrogen-bond acceptors (Lipinski definition) is 7. The van der Waals surface area contributed by atoms with Gasteiger partial charge in [-0.15, -0.1) is 0 Å². The van der Waals surface area contributed by atoms with Crippen molar-refractivity contribution in [3.05, 3.63) is 137 Å². The van der Waals surface area contributed by atoms with Gasteiger partial charge < -0.3 is 18.9 Å². The summed E-state index contributed by atoms with van der Waals surface area (Å²) >= 11 is 1.47. The predicted molar refractivity (Wildman–Crippen MR) is 161 cm³/mol. The number of benzene rings is 4. The monoisotopic (exact) mass is 593 g/mol. The molecule has 43 heavy (non-hydrogen) atoms. The molecule has 1 fully saturated rings. The molecule has 8 heteroatoms. The minimum Gasteiger partial charge on any atom is -0.374 e. The lowest BCUT2D eigenvalue weighted by molar-refractivity contribution is -0.222. The number of hydrogen-bond donors (Lipinski definition) is 0. The third-order valence-corrected chi connectivity index (χ3v) is 9.27. The van der Waals surface area contributed by atoms with E-state index in [-0.39, 0.29) is 25.0 Å². The third-order valence-electron chi connectivity index (χ3n) is 8.11. The molecule has 1 saturated heterocycles. The molecule has 0 bridgehead atoms. The van der Waals surface area contributed by atoms with Crippen molar-refractivity contribution in [1.29, 1.82) is 0 Å². The van der Waals surface area contributed by atoms with Gasteiger partial charge in [-0.3, -0.25) is 14.5 Å². The van der Waals surface area contributed by atoms with Crippen LogP contribution in [-0.4, -0.2) is 53.1 Å². The molecule has 0 aliphatic carbocycles. The highest BCUT2D eigenvalue weighted by Gasteiger charge is 2.55. The average Bonchev–Trinajstić information content (AvgIpc) is 3.34. The number of imide groups is 1. The van der Waals surface area contributed by atoms with Crippen LogP contribution in [0.15, 0.2) is 114 Å². The van der Waals surface area contributed by atoms with Crippen LogP contribution in [0.5, 0.6) is 0 Å². The molecule has 0 spiro atoms. The Morgan fingerprint density at radius 3 is 2.05 bits per heavy atom. The largest absolute Gasteiger partial charge is 0.374 e. The molecule has 4 aromatic carbocycles. The summed E-state index contributed by atoms with van der Waals surface area (Å²) in [7, 11) is 0. The lowest BCUT2D eigenvalue weighted by Crippen LogP contribution is -2.65. The number of carbonyl (C=O) groups excluding carboxylic acids is 2. The van der Waals surface area contributed by atoms with Crippen molar-refractivity contribution in [1.82, 2.24) is 4.90 Å². The minimum atomic E-state index is -0.779. The van der Waals surface area contributed by atoms with E-state index in [9.17, 15) is 9.59 Å². The second kappa shape index (κ2) is 12.4. The fraction of sp³-hybridized carbons (Fsp3) is 0.257. The number of fused-ring (bicyclic) bond motifs is 3. The van der Waals surface area contributed by atoms with Crippen molar-refractivity contribution in [3.8, 4) is 0 Å². The molecule has 4 aromatic rings. The highest BCUT2D eigenvalue weighted by atomic mass is 32.2. The van der Waals surface area contributed by atoms with Gasteiger partial charge >= 0.3 is 0 Å². The summed E-state index contributed by atoms with van der Waals surface area (Å²) in [5, 5.41) is 0. The van der Waals surface area contributed by atoms with E-state index in [1.807, 2.05) is 84.9 Å². The van der Waals surface area contributed by atoms with Gasteiger partial charge in [-0.2, -0.15) is 0 Å². The van der Waals surface area contributed by atoms with E-state index in [0.717, 1.165) is 21.6 Å². The van der Waals surface area contributed by atoms with E-state index >= 15 is 0 Å². The maximum absolute atomic E-state index is 13.9. The van der Waals surface area contributed by atoms with E-state index in [4.69, 9.17) is 18.9 Å². The Balaban J connectivity index is 1.30. The van der Waals surface area contributed by atoms with Crippen LogP contribution < -0.4 is 0 Å². The minimum absolute atomic E-state index is 0.269. The average molecular weight is 594 g/mol. The second-order valence-electron chi connectivity index (χ2n) is 10.8. The van der Waals surface area contributed by atoms with Crippen LogP contribution in [0.1, 0.15) is 37.4 Å². The van der Waals surface area contributed by atoms with Crippen LogP contribution >= 0.6 is 11.8 Å². The number of amides is 2. The van der Waals surface area contributed by atoms with Gasteiger partial charge in [0.15, 0.2) is 0 Å². The zero-order valence-electron chi connectivity index (χ0n) is 23.4. The topological polar surface area (TPSA) is 74.3 Å². The number of ether oxygens (including phenoxy) is 4. The molecule has 3 heterocycles. The Bertz CT molecular complexity index is 1560. The van der Waals surface area contributed by atoms with E-state index in [0.29, 0.717) is 24.3 Å². The second-order valence-corrected chi connectivity index (χ2v) is 12.0. The normalized spacial score (nSPS) is 25.2. The van der Waals surface area contributed by atoms with Gasteiger partial charge in [0.25, 0.3) is 11.8 Å². The van der Waals surface area contributed by atoms with E-state index < -0.39 is 29.8 Å². The fourth-order valence-electron chi connectivity index (χ4n) is 5.98. The first-order chi connectivity index (χ1) is 21.2. The summed E-state index contributed by atoms with van der Waals surface area (Å²) in [6.07, 6.45) is -1.81. The van der Waals surface area contributed by atoms with Crippen LogP contribution in [0.3, 0.4) is 0 Å². The smallest absolute Gasteiger partial charge is 0.262 e. The fourth-order valence-corrected chi connectivity index (χ4v) is 7.17. The van der Waals surface area contributed by atoms with E-state index in [2.05, 4.69) is 0 Å². The Morgan fingerprint density at radius 1 is 0.744 bits per heavy atom. The standard InChI is InChI=1S/C35H31NO6S/c37-33-27-17-9-10-18-28(27)34(38)36(33)30-32(40-19-23-11-3-1-4-12-23)31-29(42-35(30)43-26-15-5-2-6-16-26)22-39-20-24-13-7-8-14-25(24)21-41-31/h1-18,29-32,35H,19-22H2/t29-,30-,31+,32-,35+/m1/s1. The lowest BCUT2D eigenvalue weighted by Gasteiger charge is -2.48. The molecule has 0 saturated carbocycles. The highest BCUT2D eigenvalue weighted by molar-refractivity contribution is 7.99. The number of nitrogens with zero attached hydrogens (tertiary/aromatic N) is 1. The van der Waals surface area contributed by atoms with Gasteiger partial charge in [0.2, 0.25) is 0 Å². The summed E-state index contributed by atoms with van der Waals surface area (Å²) in [5.74, 6) is -0.714.